The Morgan fingerprint density at radius 1 is 0.913 bits per heavy atom. The van der Waals surface area contributed by atoms with Gasteiger partial charge in [0.2, 0.25) is 11.3 Å². The first-order chi connectivity index (χ1) is 20.8. The number of hydrogen-bond acceptors (Lipinski definition) is 4. The van der Waals surface area contributed by atoms with Crippen LogP contribution < -0.4 is 10.3 Å². The summed E-state index contributed by atoms with van der Waals surface area (Å²) in [7, 11) is 5.37. The number of pyridine rings is 1. The van der Waals surface area contributed by atoms with Crippen LogP contribution in [0.1, 0.15) is 98.0 Å². The number of carbonyl (C=O) groups is 2. The van der Waals surface area contributed by atoms with Crippen molar-refractivity contribution < 1.29 is 27.9 Å². The van der Waals surface area contributed by atoms with E-state index < -0.39 is 49.7 Å². The maximum absolute atomic E-state index is 15.5. The summed E-state index contributed by atoms with van der Waals surface area (Å²) in [5, 5.41) is 9.57. The normalized spacial score (nSPS) is 17.5. The summed E-state index contributed by atoms with van der Waals surface area (Å²) in [6.45, 7) is 17.5. The van der Waals surface area contributed by atoms with Gasteiger partial charge >= 0.3 is 5.97 Å². The van der Waals surface area contributed by atoms with Crippen molar-refractivity contribution in [1.29, 1.82) is 0 Å². The summed E-state index contributed by atoms with van der Waals surface area (Å²) in [4.78, 5) is 41.2. The van der Waals surface area contributed by atoms with Crippen LogP contribution in [0.3, 0.4) is 0 Å². The van der Waals surface area contributed by atoms with Gasteiger partial charge in [-0.15, -0.1) is 18.5 Å². The average molecular weight is 684 g/mol. The molecule has 256 valence electrons. The van der Waals surface area contributed by atoms with E-state index in [1.54, 1.807) is 29.4 Å². The molecule has 0 radical (unpaired) electrons. The zero-order chi connectivity index (χ0) is 35.0. The second-order valence-corrected chi connectivity index (χ2v) is 18.4. The monoisotopic (exact) mass is 683 g/mol. The van der Waals surface area contributed by atoms with Crippen molar-refractivity contribution in [2.24, 2.45) is 21.7 Å². The van der Waals surface area contributed by atoms with Gasteiger partial charge in [0.1, 0.15) is 11.4 Å². The Labute approximate surface area is 275 Å². The standard InChI is InChI=1S/C34H50F3N3O4P2/c1-29(2,19-30(3,4)31(5,6)34(45,46)32(7,8)33(9,36)37)28(44)39-14-12-38(13-15-39)25-17-24-21(16-23(25)35)26(41)22(27(42)43)18-40(24)20-10-11-20/h16-18,20H,10-15,19,45-46H2,1-9H3,(H,42,43). The Morgan fingerprint density at radius 3 is 1.93 bits per heavy atom. The highest BCUT2D eigenvalue weighted by Crippen LogP contribution is 2.67. The lowest BCUT2D eigenvalue weighted by atomic mass is 9.55. The fraction of sp³-hybridized carbons (Fsp3) is 0.676. The largest absolute Gasteiger partial charge is 0.477 e. The number of halogens is 3. The van der Waals surface area contributed by atoms with E-state index in [1.165, 1.54) is 6.20 Å². The first kappa shape index (κ1) is 36.7. The van der Waals surface area contributed by atoms with E-state index in [4.69, 9.17) is 0 Å². The first-order valence-electron chi connectivity index (χ1n) is 15.9. The maximum Gasteiger partial charge on any atom is 0.341 e. The van der Waals surface area contributed by atoms with Gasteiger partial charge in [0.25, 0.3) is 5.92 Å². The molecule has 2 aliphatic rings. The maximum atomic E-state index is 15.5. The van der Waals surface area contributed by atoms with Crippen molar-refractivity contribution in [1.82, 2.24) is 9.47 Å². The Hall–Kier alpha value is -2.18. The van der Waals surface area contributed by atoms with Gasteiger partial charge in [-0.05, 0) is 49.1 Å². The number of rotatable bonds is 10. The van der Waals surface area contributed by atoms with Gasteiger partial charge in [-0.2, -0.15) is 0 Å². The van der Waals surface area contributed by atoms with Gasteiger partial charge in [0.15, 0.2) is 0 Å². The number of alkyl halides is 2. The molecule has 1 aliphatic carbocycles. The Bertz CT molecular complexity index is 1600. The van der Waals surface area contributed by atoms with Crippen LogP contribution in [-0.4, -0.2) is 63.4 Å². The van der Waals surface area contributed by atoms with Gasteiger partial charge in [-0.25, -0.2) is 18.0 Å². The summed E-state index contributed by atoms with van der Waals surface area (Å²) in [5.74, 6) is -4.94. The number of benzene rings is 1. The minimum Gasteiger partial charge on any atom is -0.477 e. The third-order valence-electron chi connectivity index (χ3n) is 11.5. The van der Waals surface area contributed by atoms with Gasteiger partial charge in [-0.1, -0.05) is 55.4 Å². The molecule has 2 heterocycles. The molecule has 0 spiro atoms. The van der Waals surface area contributed by atoms with E-state index >= 15 is 4.39 Å². The number of piperazine rings is 1. The molecule has 2 fully saturated rings. The molecule has 1 saturated carbocycles. The van der Waals surface area contributed by atoms with Crippen molar-refractivity contribution in [3.63, 3.8) is 0 Å². The Kier molecular flexibility index (Phi) is 9.37. The second kappa shape index (κ2) is 11.8. The lowest BCUT2D eigenvalue weighted by Crippen LogP contribution is -2.59. The van der Waals surface area contributed by atoms with E-state index in [1.807, 2.05) is 46.4 Å². The van der Waals surface area contributed by atoms with E-state index in [-0.39, 0.29) is 22.9 Å². The number of aromatic carboxylic acids is 1. The van der Waals surface area contributed by atoms with Crippen LogP contribution in [0, 0.1) is 27.5 Å². The summed E-state index contributed by atoms with van der Waals surface area (Å²) >= 11 is 0. The number of aromatic nitrogens is 1. The van der Waals surface area contributed by atoms with Crippen LogP contribution in [0.25, 0.3) is 10.9 Å². The molecular formula is C34H50F3N3O4P2. The third kappa shape index (κ3) is 6.11. The molecule has 2 aromatic rings. The molecule has 2 atom stereocenters. The lowest BCUT2D eigenvalue weighted by molar-refractivity contribution is -0.146. The van der Waals surface area contributed by atoms with E-state index in [0.717, 1.165) is 25.8 Å². The average Bonchev–Trinajstić information content (AvgIpc) is 3.77. The van der Waals surface area contributed by atoms with E-state index in [2.05, 4.69) is 18.5 Å². The highest BCUT2D eigenvalue weighted by Gasteiger charge is 2.62. The molecule has 1 saturated heterocycles. The van der Waals surface area contributed by atoms with Crippen LogP contribution in [0.4, 0.5) is 18.9 Å². The van der Waals surface area contributed by atoms with Gasteiger partial charge in [0.05, 0.1) is 11.2 Å². The minimum atomic E-state index is -2.95. The van der Waals surface area contributed by atoms with Crippen LogP contribution in [0.5, 0.6) is 0 Å². The Balaban J connectivity index is 1.53. The smallest absolute Gasteiger partial charge is 0.341 e. The minimum absolute atomic E-state index is 0.0418. The van der Waals surface area contributed by atoms with Gasteiger partial charge in [0, 0.05) is 59.5 Å². The quantitative estimate of drug-likeness (QED) is 0.264. The molecule has 12 heteroatoms. The van der Waals surface area contributed by atoms with Gasteiger partial charge < -0.3 is 19.5 Å². The third-order valence-corrected chi connectivity index (χ3v) is 14.4. The predicted molar refractivity (Wildman–Crippen MR) is 185 cm³/mol. The van der Waals surface area contributed by atoms with Crippen molar-refractivity contribution in [3.05, 3.63) is 39.9 Å². The fourth-order valence-corrected chi connectivity index (χ4v) is 8.38. The number of carbonyl (C=O) groups excluding carboxylic acids is 1. The first-order valence-corrected chi connectivity index (χ1v) is 17.1. The van der Waals surface area contributed by atoms with Crippen LogP contribution >= 0.6 is 18.5 Å². The fourth-order valence-electron chi connectivity index (χ4n) is 7.09. The summed E-state index contributed by atoms with van der Waals surface area (Å²) in [6, 6.07) is 2.83. The molecule has 2 unspecified atom stereocenters. The number of carboxylic acid groups (broad SMARTS) is 1. The number of carboxylic acids is 1. The summed E-state index contributed by atoms with van der Waals surface area (Å²) in [6.07, 6.45) is 3.53. The summed E-state index contributed by atoms with van der Waals surface area (Å²) < 4.78 is 47.0. The molecular weight excluding hydrogens is 633 g/mol. The molecule has 1 aromatic carbocycles. The highest BCUT2D eigenvalue weighted by atomic mass is 31.1. The predicted octanol–water partition coefficient (Wildman–Crippen LogP) is 7.42. The van der Waals surface area contributed by atoms with Crippen molar-refractivity contribution in [2.45, 2.75) is 98.4 Å². The van der Waals surface area contributed by atoms with E-state index in [9.17, 15) is 28.3 Å². The molecule has 4 rings (SSSR count). The molecule has 7 nitrogen and oxygen atoms in total. The van der Waals surface area contributed by atoms with Gasteiger partial charge in [-0.3, -0.25) is 9.59 Å². The number of hydrogen-bond donors (Lipinski definition) is 1. The summed E-state index contributed by atoms with van der Waals surface area (Å²) in [5.41, 5.74) is -3.65. The number of amides is 1. The molecule has 1 amide bonds. The topological polar surface area (TPSA) is 82.8 Å². The lowest BCUT2D eigenvalue weighted by Gasteiger charge is -2.60. The molecule has 1 N–H and O–H groups in total. The van der Waals surface area contributed by atoms with Crippen LogP contribution in [-0.2, 0) is 4.79 Å². The SMILES string of the molecule is CC(C)(CC(C)(C)C(C)(C)C(P)(P)C(C)(C)C(C)(F)F)C(=O)N1CCN(c2cc3c(cc2F)c(=O)c(C(=O)O)cn3C2CC2)CC1. The number of anilines is 1. The number of fused-ring (bicyclic) bond motifs is 1. The Morgan fingerprint density at radius 2 is 1.46 bits per heavy atom. The molecule has 0 bridgehead atoms. The second-order valence-electron chi connectivity index (χ2n) is 15.9. The highest BCUT2D eigenvalue weighted by molar-refractivity contribution is 7.40. The van der Waals surface area contributed by atoms with Crippen molar-refractivity contribution >= 4 is 46.9 Å². The van der Waals surface area contributed by atoms with Crippen LogP contribution in [0.15, 0.2) is 23.1 Å². The van der Waals surface area contributed by atoms with Crippen LogP contribution in [0.2, 0.25) is 0 Å². The van der Waals surface area contributed by atoms with Crippen molar-refractivity contribution in [3.8, 4) is 0 Å². The molecule has 1 aromatic heterocycles. The van der Waals surface area contributed by atoms with E-state index in [0.29, 0.717) is 43.8 Å². The molecule has 46 heavy (non-hydrogen) atoms. The number of nitrogens with zero attached hydrogens (tertiary/aromatic N) is 3. The molecule has 1 aliphatic heterocycles. The zero-order valence-electron chi connectivity index (χ0n) is 28.6. The zero-order valence-corrected chi connectivity index (χ0v) is 30.9. The van der Waals surface area contributed by atoms with Crippen molar-refractivity contribution in [2.75, 3.05) is 31.1 Å².